The van der Waals surface area contributed by atoms with Gasteiger partial charge < -0.3 is 10.6 Å². The van der Waals surface area contributed by atoms with E-state index in [0.717, 1.165) is 34.4 Å². The molecule has 1 aromatic carbocycles. The monoisotopic (exact) mass is 344 g/mol. The lowest BCUT2D eigenvalue weighted by Gasteiger charge is -2.27. The van der Waals surface area contributed by atoms with Crippen molar-refractivity contribution in [2.75, 3.05) is 13.1 Å². The minimum absolute atomic E-state index is 0.219. The van der Waals surface area contributed by atoms with Crippen LogP contribution in [0.5, 0.6) is 0 Å². The SMILES string of the molecule is NC1=NCC(c2ccc(Br)c3cccnc23)N1CC1CC1. The van der Waals surface area contributed by atoms with Crippen LogP contribution in [0.15, 0.2) is 39.9 Å². The molecule has 1 unspecified atom stereocenters. The molecule has 1 aromatic heterocycles. The van der Waals surface area contributed by atoms with Gasteiger partial charge in [-0.1, -0.05) is 28.1 Å². The summed E-state index contributed by atoms with van der Waals surface area (Å²) in [5, 5.41) is 1.15. The summed E-state index contributed by atoms with van der Waals surface area (Å²) in [6.45, 7) is 1.75. The van der Waals surface area contributed by atoms with Crippen LogP contribution in [-0.4, -0.2) is 28.9 Å². The van der Waals surface area contributed by atoms with Gasteiger partial charge in [-0.05, 0) is 30.9 Å². The van der Waals surface area contributed by atoms with Crippen LogP contribution >= 0.6 is 15.9 Å². The van der Waals surface area contributed by atoms with Crippen LogP contribution in [0.1, 0.15) is 24.4 Å². The van der Waals surface area contributed by atoms with E-state index in [1.54, 1.807) is 0 Å². The topological polar surface area (TPSA) is 54.5 Å². The summed E-state index contributed by atoms with van der Waals surface area (Å²) in [6.07, 6.45) is 4.48. The van der Waals surface area contributed by atoms with Gasteiger partial charge in [-0.15, -0.1) is 0 Å². The predicted octanol–water partition coefficient (Wildman–Crippen LogP) is 3.08. The first-order valence-corrected chi connectivity index (χ1v) is 8.13. The molecule has 1 saturated carbocycles. The minimum atomic E-state index is 0.219. The van der Waals surface area contributed by atoms with Gasteiger partial charge in [0.15, 0.2) is 5.96 Å². The fraction of sp³-hybridized carbons (Fsp3) is 0.375. The number of aliphatic imine (C=N–C) groups is 1. The summed E-state index contributed by atoms with van der Waals surface area (Å²) in [5.74, 6) is 1.47. The second kappa shape index (κ2) is 4.98. The highest BCUT2D eigenvalue weighted by atomic mass is 79.9. The van der Waals surface area contributed by atoms with E-state index in [9.17, 15) is 0 Å². The van der Waals surface area contributed by atoms with Crippen molar-refractivity contribution in [2.24, 2.45) is 16.6 Å². The lowest BCUT2D eigenvalue weighted by atomic mass is 10.0. The van der Waals surface area contributed by atoms with Crippen molar-refractivity contribution in [3.63, 3.8) is 0 Å². The van der Waals surface area contributed by atoms with Crippen molar-refractivity contribution >= 4 is 32.8 Å². The number of rotatable bonds is 3. The Bertz CT molecular complexity index is 723. The maximum absolute atomic E-state index is 6.10. The highest BCUT2D eigenvalue weighted by Crippen LogP contribution is 2.37. The van der Waals surface area contributed by atoms with E-state index in [2.05, 4.69) is 49.0 Å². The van der Waals surface area contributed by atoms with Crippen molar-refractivity contribution in [1.29, 1.82) is 0 Å². The molecule has 5 heteroatoms. The molecule has 2 aromatic rings. The number of hydrogen-bond acceptors (Lipinski definition) is 4. The number of halogens is 1. The fourth-order valence-electron chi connectivity index (χ4n) is 3.02. The molecule has 1 atom stereocenters. The van der Waals surface area contributed by atoms with Gasteiger partial charge in [-0.2, -0.15) is 0 Å². The molecule has 1 aliphatic heterocycles. The number of pyridine rings is 1. The highest BCUT2D eigenvalue weighted by molar-refractivity contribution is 9.10. The van der Waals surface area contributed by atoms with Gasteiger partial charge in [0.25, 0.3) is 0 Å². The lowest BCUT2D eigenvalue weighted by molar-refractivity contribution is 0.335. The summed E-state index contributed by atoms with van der Waals surface area (Å²) in [7, 11) is 0. The molecule has 0 bridgehead atoms. The van der Waals surface area contributed by atoms with E-state index in [-0.39, 0.29) is 6.04 Å². The minimum Gasteiger partial charge on any atom is -0.370 e. The summed E-state index contributed by atoms with van der Waals surface area (Å²) in [6, 6.07) is 8.54. The first-order chi connectivity index (χ1) is 10.2. The van der Waals surface area contributed by atoms with Gasteiger partial charge in [0.1, 0.15) is 0 Å². The predicted molar refractivity (Wildman–Crippen MR) is 88.1 cm³/mol. The molecule has 2 N–H and O–H groups in total. The van der Waals surface area contributed by atoms with E-state index in [1.807, 2.05) is 12.3 Å². The fourth-order valence-corrected chi connectivity index (χ4v) is 3.48. The Morgan fingerprint density at radius 3 is 2.95 bits per heavy atom. The molecule has 0 saturated heterocycles. The van der Waals surface area contributed by atoms with Crippen LogP contribution in [0.2, 0.25) is 0 Å². The first-order valence-electron chi connectivity index (χ1n) is 7.34. The van der Waals surface area contributed by atoms with Crippen molar-refractivity contribution in [3.05, 3.63) is 40.5 Å². The maximum atomic E-state index is 6.10. The van der Waals surface area contributed by atoms with Gasteiger partial charge in [-0.3, -0.25) is 9.98 Å². The number of nitrogens with two attached hydrogens (primary N) is 1. The average molecular weight is 345 g/mol. The normalized spacial score (nSPS) is 21.9. The molecule has 2 heterocycles. The Balaban J connectivity index is 1.77. The molecule has 0 spiro atoms. The Morgan fingerprint density at radius 2 is 2.14 bits per heavy atom. The molecule has 0 radical (unpaired) electrons. The Morgan fingerprint density at radius 1 is 1.29 bits per heavy atom. The largest absolute Gasteiger partial charge is 0.370 e. The van der Waals surface area contributed by atoms with E-state index >= 15 is 0 Å². The quantitative estimate of drug-likeness (QED) is 0.930. The van der Waals surface area contributed by atoms with Crippen molar-refractivity contribution < 1.29 is 0 Å². The second-order valence-corrected chi connectivity index (χ2v) is 6.70. The molecule has 108 valence electrons. The number of nitrogens with zero attached hydrogens (tertiary/aromatic N) is 3. The van der Waals surface area contributed by atoms with Crippen LogP contribution in [0, 0.1) is 5.92 Å². The van der Waals surface area contributed by atoms with Crippen molar-refractivity contribution in [2.45, 2.75) is 18.9 Å². The highest BCUT2D eigenvalue weighted by Gasteiger charge is 2.34. The molecule has 21 heavy (non-hydrogen) atoms. The number of guanidine groups is 1. The molecular weight excluding hydrogens is 328 g/mol. The first kappa shape index (κ1) is 13.1. The van der Waals surface area contributed by atoms with Crippen molar-refractivity contribution in [3.8, 4) is 0 Å². The zero-order valence-corrected chi connectivity index (χ0v) is 13.3. The zero-order chi connectivity index (χ0) is 14.4. The van der Waals surface area contributed by atoms with E-state index in [0.29, 0.717) is 5.96 Å². The summed E-state index contributed by atoms with van der Waals surface area (Å²) in [5.41, 5.74) is 8.37. The Labute approximate surface area is 132 Å². The average Bonchev–Trinajstić information content (AvgIpc) is 3.25. The number of aromatic nitrogens is 1. The third kappa shape index (κ3) is 2.29. The smallest absolute Gasteiger partial charge is 0.191 e. The van der Waals surface area contributed by atoms with Crippen LogP contribution in [0.25, 0.3) is 10.9 Å². The standard InChI is InChI=1S/C16H17BrN4/c17-13-6-5-12(15-11(13)2-1-7-19-15)14-8-20-16(18)21(14)9-10-3-4-10/h1-2,5-7,10,14H,3-4,8-9H2,(H2,18,20). The Kier molecular flexibility index (Phi) is 3.10. The van der Waals surface area contributed by atoms with Gasteiger partial charge >= 0.3 is 0 Å². The summed E-state index contributed by atoms with van der Waals surface area (Å²) in [4.78, 5) is 11.3. The zero-order valence-electron chi connectivity index (χ0n) is 11.7. The number of hydrogen-bond donors (Lipinski definition) is 1. The number of fused-ring (bicyclic) bond motifs is 1. The van der Waals surface area contributed by atoms with Gasteiger partial charge in [0, 0.05) is 28.2 Å². The second-order valence-electron chi connectivity index (χ2n) is 5.85. The third-order valence-electron chi connectivity index (χ3n) is 4.36. The van der Waals surface area contributed by atoms with Crippen LogP contribution < -0.4 is 5.73 Å². The molecule has 2 aliphatic rings. The van der Waals surface area contributed by atoms with Crippen LogP contribution in [0.4, 0.5) is 0 Å². The lowest BCUT2D eigenvalue weighted by Crippen LogP contribution is -2.37. The summed E-state index contributed by atoms with van der Waals surface area (Å²) < 4.78 is 1.08. The molecule has 0 amide bonds. The van der Waals surface area contributed by atoms with Crippen LogP contribution in [0.3, 0.4) is 0 Å². The van der Waals surface area contributed by atoms with E-state index in [1.165, 1.54) is 18.4 Å². The third-order valence-corrected chi connectivity index (χ3v) is 5.05. The maximum Gasteiger partial charge on any atom is 0.191 e. The molecular formula is C16H17BrN4. The van der Waals surface area contributed by atoms with Gasteiger partial charge in [-0.25, -0.2) is 0 Å². The molecule has 1 aliphatic carbocycles. The Hall–Kier alpha value is -1.62. The van der Waals surface area contributed by atoms with Crippen molar-refractivity contribution in [1.82, 2.24) is 9.88 Å². The molecule has 4 nitrogen and oxygen atoms in total. The molecule has 4 rings (SSSR count). The van der Waals surface area contributed by atoms with Crippen LogP contribution in [-0.2, 0) is 0 Å². The van der Waals surface area contributed by atoms with E-state index < -0.39 is 0 Å². The van der Waals surface area contributed by atoms with Gasteiger partial charge in [0.05, 0.1) is 18.1 Å². The summed E-state index contributed by atoms with van der Waals surface area (Å²) >= 11 is 3.61. The van der Waals surface area contributed by atoms with Gasteiger partial charge in [0.2, 0.25) is 0 Å². The molecule has 1 fully saturated rings. The number of benzene rings is 1. The van der Waals surface area contributed by atoms with E-state index in [4.69, 9.17) is 5.73 Å².